The largest absolute Gasteiger partial charge is 0.459 e. The topological polar surface area (TPSA) is 213 Å². The third-order valence-electron chi connectivity index (χ3n) is 11.8. The van der Waals surface area contributed by atoms with Crippen molar-refractivity contribution in [1.29, 1.82) is 0 Å². The Morgan fingerprint density at radius 3 is 2.53 bits per heavy atom. The highest BCUT2D eigenvalue weighted by Gasteiger charge is 2.52. The zero-order valence-corrected chi connectivity index (χ0v) is 35.1. The number of nitrogens with one attached hydrogen (secondary N) is 1. The molecular weight excluding hydrogens is 734 g/mol. The van der Waals surface area contributed by atoms with Crippen LogP contribution in [0.15, 0.2) is 28.3 Å². The molecule has 3 aliphatic rings. The van der Waals surface area contributed by atoms with Gasteiger partial charge in [0.2, 0.25) is 5.91 Å². The zero-order chi connectivity index (χ0) is 42.2. The fourth-order valence-electron chi connectivity index (χ4n) is 8.73. The number of nitrogen functional groups attached to an aromatic ring is 1. The Morgan fingerprint density at radius 1 is 1.16 bits per heavy atom. The molecule has 15 nitrogen and oxygen atoms in total. The number of aliphatic hydroxyl groups is 2. The number of rotatable bonds is 6. The fraction of sp³-hybridized carbons (Fsp3) is 0.714. The van der Waals surface area contributed by atoms with Crippen LogP contribution in [-0.2, 0) is 38.2 Å². The SMILES string of the molecule is CC[C@H]1OC(=O)[C@H](C)C(=O)[C@H](C)[C@@H](O[C@@H]2O[C@H](C)C[C@H](NC)[C@H]2O)[C@@]2(C)C[C@@H](C)C(=NC(C)=O)[C@H](C)[C@@H](CC/C(=N\OCC#Cc3cccc(N)n3)CO2)[C@]1(C)O. The number of aromatic nitrogens is 1. The van der Waals surface area contributed by atoms with Gasteiger partial charge in [-0.15, -0.1) is 0 Å². The van der Waals surface area contributed by atoms with Crippen molar-refractivity contribution in [3.8, 4) is 11.8 Å². The molecule has 0 spiro atoms. The summed E-state index contributed by atoms with van der Waals surface area (Å²) in [5.41, 5.74) is 4.27. The summed E-state index contributed by atoms with van der Waals surface area (Å²) >= 11 is 0. The lowest BCUT2D eigenvalue weighted by Gasteiger charge is -2.47. The molecule has 0 aromatic carbocycles. The van der Waals surface area contributed by atoms with Crippen LogP contribution in [0, 0.1) is 41.4 Å². The Labute approximate surface area is 336 Å². The van der Waals surface area contributed by atoms with Gasteiger partial charge in [-0.05, 0) is 96.7 Å². The quantitative estimate of drug-likeness (QED) is 0.107. The summed E-state index contributed by atoms with van der Waals surface area (Å²) in [7, 11) is 1.74. The van der Waals surface area contributed by atoms with Crippen LogP contribution in [0.5, 0.6) is 0 Å². The first-order chi connectivity index (χ1) is 26.8. The van der Waals surface area contributed by atoms with Gasteiger partial charge in [0.25, 0.3) is 0 Å². The number of aliphatic hydroxyl groups excluding tert-OH is 1. The summed E-state index contributed by atoms with van der Waals surface area (Å²) in [6.45, 7) is 15.3. The molecule has 15 heteroatoms. The zero-order valence-electron chi connectivity index (χ0n) is 35.1. The molecule has 3 aliphatic heterocycles. The van der Waals surface area contributed by atoms with Crippen molar-refractivity contribution in [2.75, 3.05) is 26.0 Å². The molecule has 0 radical (unpaired) electrons. The molecule has 3 saturated heterocycles. The van der Waals surface area contributed by atoms with Gasteiger partial charge in [0, 0.05) is 30.5 Å². The summed E-state index contributed by atoms with van der Waals surface area (Å²) in [5.74, 6) is 0.644. The first-order valence-corrected chi connectivity index (χ1v) is 20.1. The number of carbonyl (C=O) groups is 3. The van der Waals surface area contributed by atoms with E-state index in [1.807, 2.05) is 20.8 Å². The maximum Gasteiger partial charge on any atom is 0.316 e. The van der Waals surface area contributed by atoms with Gasteiger partial charge in [0.15, 0.2) is 18.7 Å². The number of oxime groups is 1. The number of fused-ring (bicyclic) bond motifs is 5. The van der Waals surface area contributed by atoms with Crippen LogP contribution in [0.25, 0.3) is 0 Å². The van der Waals surface area contributed by atoms with Crippen molar-refractivity contribution in [3.63, 3.8) is 0 Å². The molecule has 316 valence electrons. The van der Waals surface area contributed by atoms with E-state index in [9.17, 15) is 24.6 Å². The first kappa shape index (κ1) is 45.9. The van der Waals surface area contributed by atoms with E-state index >= 15 is 0 Å². The molecule has 1 aromatic rings. The van der Waals surface area contributed by atoms with Gasteiger partial charge in [-0.2, -0.15) is 0 Å². The van der Waals surface area contributed by atoms with Crippen LogP contribution in [0.4, 0.5) is 5.82 Å². The smallest absolute Gasteiger partial charge is 0.316 e. The van der Waals surface area contributed by atoms with E-state index in [1.54, 1.807) is 52.9 Å². The van der Waals surface area contributed by atoms with Crippen molar-refractivity contribution < 1.29 is 48.4 Å². The minimum atomic E-state index is -1.64. The van der Waals surface area contributed by atoms with Crippen molar-refractivity contribution in [1.82, 2.24) is 10.3 Å². The number of esters is 1. The molecule has 0 saturated carbocycles. The third kappa shape index (κ3) is 11.2. The molecule has 0 aliphatic carbocycles. The van der Waals surface area contributed by atoms with Gasteiger partial charge in [-0.25, -0.2) is 9.98 Å². The molecule has 1 amide bonds. The molecule has 5 N–H and O–H groups in total. The van der Waals surface area contributed by atoms with E-state index in [4.69, 9.17) is 29.5 Å². The van der Waals surface area contributed by atoms with E-state index in [-0.39, 0.29) is 44.6 Å². The number of amides is 1. The highest BCUT2D eigenvalue weighted by Crippen LogP contribution is 2.42. The fourth-order valence-corrected chi connectivity index (χ4v) is 8.73. The van der Waals surface area contributed by atoms with Gasteiger partial charge in [0.05, 0.1) is 30.1 Å². The average Bonchev–Trinajstić information content (AvgIpc) is 3.17. The van der Waals surface area contributed by atoms with E-state index in [0.29, 0.717) is 35.8 Å². The standard InChI is InChI=1S/C42H63N5O10/c1-11-33-42(9,52)31-18-17-30(47-54-19-13-15-29-14-12-16-34(43)46-29)22-53-41(8,21-23(2)35(25(31)4)45-28(7)48)38(26(5)36(49)27(6)39(51)56-33)57-40-37(50)32(44-10)20-24(3)55-40/h12,14,16,23-27,31-33,37-38,40,44,50,52H,11,17-22H2,1-10H3,(H2,43,46)/b45-35?,47-30+/t23-,24-,25-,26+,27-,31-,32+,33-,37-,38-,40+,41-,42+/m1/s1. The Balaban J connectivity index is 1.90. The van der Waals surface area contributed by atoms with Crippen LogP contribution in [0.1, 0.15) is 100 Å². The van der Waals surface area contributed by atoms with Crippen LogP contribution in [0.2, 0.25) is 0 Å². The summed E-state index contributed by atoms with van der Waals surface area (Å²) in [6, 6.07) is 4.78. The van der Waals surface area contributed by atoms with Crippen LogP contribution in [0.3, 0.4) is 0 Å². The molecule has 1 aromatic heterocycles. The number of hydrogen-bond donors (Lipinski definition) is 4. The molecule has 13 atom stereocenters. The lowest BCUT2D eigenvalue weighted by atomic mass is 9.68. The summed E-state index contributed by atoms with van der Waals surface area (Å²) < 4.78 is 25.8. The second-order valence-corrected chi connectivity index (χ2v) is 16.3. The van der Waals surface area contributed by atoms with Crippen molar-refractivity contribution in [2.45, 2.75) is 142 Å². The Bertz CT molecular complexity index is 1710. The van der Waals surface area contributed by atoms with E-state index < -0.39 is 83.1 Å². The average molecular weight is 798 g/mol. The van der Waals surface area contributed by atoms with Crippen molar-refractivity contribution >= 4 is 34.9 Å². The lowest BCUT2D eigenvalue weighted by molar-refractivity contribution is -0.291. The number of Topliss-reactive ketones (excluding diaryl/α,β-unsaturated/α-hetero) is 1. The number of ether oxygens (including phenoxy) is 4. The van der Waals surface area contributed by atoms with Gasteiger partial charge in [-0.1, -0.05) is 44.8 Å². The van der Waals surface area contributed by atoms with Gasteiger partial charge < -0.3 is 45.0 Å². The van der Waals surface area contributed by atoms with E-state index in [0.717, 1.165) is 0 Å². The molecular formula is C42H63N5O10. The van der Waals surface area contributed by atoms with E-state index in [1.165, 1.54) is 13.8 Å². The highest BCUT2D eigenvalue weighted by atomic mass is 16.7. The first-order valence-electron chi connectivity index (χ1n) is 20.1. The number of cyclic esters (lactones) is 1. The lowest BCUT2D eigenvalue weighted by Crippen LogP contribution is -2.59. The predicted octanol–water partition coefficient (Wildman–Crippen LogP) is 3.62. The van der Waals surface area contributed by atoms with Crippen LogP contribution < -0.4 is 11.1 Å². The second kappa shape index (κ2) is 19.8. The number of anilines is 1. The Morgan fingerprint density at radius 2 is 1.88 bits per heavy atom. The number of ketones is 1. The number of nitrogens with two attached hydrogens (primary N) is 1. The number of nitrogens with zero attached hydrogens (tertiary/aromatic N) is 3. The minimum Gasteiger partial charge on any atom is -0.459 e. The molecule has 2 bridgehead atoms. The van der Waals surface area contributed by atoms with Crippen molar-refractivity contribution in [2.24, 2.45) is 39.7 Å². The minimum absolute atomic E-state index is 0.0774. The maximum atomic E-state index is 14.4. The predicted molar refractivity (Wildman–Crippen MR) is 214 cm³/mol. The number of carbonyl (C=O) groups excluding carboxylic acids is 3. The molecule has 3 fully saturated rings. The number of hydrogen-bond acceptors (Lipinski definition) is 14. The summed E-state index contributed by atoms with van der Waals surface area (Å²) in [5, 5.41) is 31.5. The monoisotopic (exact) mass is 797 g/mol. The maximum absolute atomic E-state index is 14.4. The van der Waals surface area contributed by atoms with Crippen LogP contribution >= 0.6 is 0 Å². The highest BCUT2D eigenvalue weighted by molar-refractivity contribution is 6.00. The molecule has 4 rings (SSSR count). The van der Waals surface area contributed by atoms with Crippen LogP contribution in [-0.4, -0.2) is 112 Å². The van der Waals surface area contributed by atoms with Crippen molar-refractivity contribution in [3.05, 3.63) is 23.9 Å². The normalized spacial score (nSPS) is 38.6. The number of likely N-dealkylation sites (N-methyl/N-ethyl adjacent to an activating group) is 1. The number of aliphatic imine (C=N–C) groups is 1. The van der Waals surface area contributed by atoms with Gasteiger partial charge in [-0.3, -0.25) is 14.4 Å². The summed E-state index contributed by atoms with van der Waals surface area (Å²) in [6.07, 6.45) is -3.18. The number of pyridine rings is 1. The summed E-state index contributed by atoms with van der Waals surface area (Å²) in [4.78, 5) is 55.5. The van der Waals surface area contributed by atoms with Gasteiger partial charge in [0.1, 0.15) is 35.2 Å². The van der Waals surface area contributed by atoms with E-state index in [2.05, 4.69) is 32.3 Å². The molecule has 4 heterocycles. The Hall–Kier alpha value is -3.78. The second-order valence-electron chi connectivity index (χ2n) is 16.3. The van der Waals surface area contributed by atoms with Gasteiger partial charge >= 0.3 is 5.97 Å². The molecule has 57 heavy (non-hydrogen) atoms. The molecule has 0 unspecified atom stereocenters. The third-order valence-corrected chi connectivity index (χ3v) is 11.8. The Kier molecular flexibility index (Phi) is 15.9.